The molecule has 2 heterocycles. The molecule has 23 heavy (non-hydrogen) atoms. The van der Waals surface area contributed by atoms with Gasteiger partial charge < -0.3 is 5.32 Å². The Morgan fingerprint density at radius 2 is 1.91 bits per heavy atom. The minimum atomic E-state index is -0.0494. The van der Waals surface area contributed by atoms with Crippen LogP contribution in [0.1, 0.15) is 22.7 Å². The average Bonchev–Trinajstić information content (AvgIpc) is 2.72. The van der Waals surface area contributed by atoms with Gasteiger partial charge in [0, 0.05) is 33.9 Å². The number of hydrogen-bond acceptors (Lipinski definition) is 3. The molecule has 1 atom stereocenters. The van der Waals surface area contributed by atoms with Crippen LogP contribution in [0.25, 0.3) is 11.3 Å². The van der Waals surface area contributed by atoms with Gasteiger partial charge in [0.05, 0.1) is 11.7 Å². The second-order valence-electron chi connectivity index (χ2n) is 5.46. The van der Waals surface area contributed by atoms with E-state index >= 15 is 0 Å². The molecule has 0 amide bonds. The molecular formula is C18H13Cl2N3. The van der Waals surface area contributed by atoms with Crippen molar-refractivity contribution in [2.75, 3.05) is 0 Å². The summed E-state index contributed by atoms with van der Waals surface area (Å²) in [6, 6.07) is 13.7. The van der Waals surface area contributed by atoms with Crippen LogP contribution in [0, 0.1) is 0 Å². The third-order valence-corrected chi connectivity index (χ3v) is 4.66. The number of hydrogen-bond donors (Lipinski definition) is 1. The molecule has 5 heteroatoms. The monoisotopic (exact) mass is 341 g/mol. The molecule has 1 N–H and O–H groups in total. The number of halogens is 2. The summed E-state index contributed by atoms with van der Waals surface area (Å²) in [6.07, 6.45) is 3.43. The van der Waals surface area contributed by atoms with Gasteiger partial charge in [0.25, 0.3) is 0 Å². The molecule has 0 fully saturated rings. The van der Waals surface area contributed by atoms with E-state index in [0.29, 0.717) is 11.6 Å². The van der Waals surface area contributed by atoms with Gasteiger partial charge in [0.15, 0.2) is 0 Å². The molecule has 0 saturated heterocycles. The normalized spacial score (nSPS) is 16.3. The van der Waals surface area contributed by atoms with E-state index in [9.17, 15) is 0 Å². The van der Waals surface area contributed by atoms with Gasteiger partial charge in [0.1, 0.15) is 6.33 Å². The molecule has 0 radical (unpaired) electrons. The molecule has 0 aliphatic carbocycles. The summed E-state index contributed by atoms with van der Waals surface area (Å²) in [5.41, 5.74) is 5.16. The summed E-state index contributed by atoms with van der Waals surface area (Å²) in [7, 11) is 0. The van der Waals surface area contributed by atoms with E-state index in [-0.39, 0.29) is 6.04 Å². The summed E-state index contributed by atoms with van der Waals surface area (Å²) in [6.45, 7) is 0.665. The predicted molar refractivity (Wildman–Crippen MR) is 92.6 cm³/mol. The van der Waals surface area contributed by atoms with Crippen LogP contribution < -0.4 is 5.32 Å². The highest BCUT2D eigenvalue weighted by molar-refractivity contribution is 6.31. The first kappa shape index (κ1) is 14.6. The Balaban J connectivity index is 1.96. The van der Waals surface area contributed by atoms with Crippen LogP contribution in [-0.4, -0.2) is 9.97 Å². The molecule has 1 aliphatic rings. The Kier molecular flexibility index (Phi) is 3.77. The molecule has 3 aromatic rings. The summed E-state index contributed by atoms with van der Waals surface area (Å²) >= 11 is 12.7. The summed E-state index contributed by atoms with van der Waals surface area (Å²) < 4.78 is 0. The fraction of sp³-hybridized carbons (Fsp3) is 0.111. The maximum atomic E-state index is 6.43. The van der Waals surface area contributed by atoms with Crippen molar-refractivity contribution >= 4 is 23.2 Å². The van der Waals surface area contributed by atoms with Crippen molar-refractivity contribution < 1.29 is 0 Å². The maximum absolute atomic E-state index is 6.43. The molecule has 0 spiro atoms. The Morgan fingerprint density at radius 3 is 2.78 bits per heavy atom. The van der Waals surface area contributed by atoms with E-state index in [1.165, 1.54) is 0 Å². The first-order chi connectivity index (χ1) is 11.2. The van der Waals surface area contributed by atoms with E-state index < -0.39 is 0 Å². The lowest BCUT2D eigenvalue weighted by Crippen LogP contribution is -2.21. The van der Waals surface area contributed by atoms with Crippen molar-refractivity contribution in [1.29, 1.82) is 0 Å². The SMILES string of the molecule is Clc1ccc2c(c1)[C@@H](c1ccccc1Cl)NCc1cncnc1-2. The van der Waals surface area contributed by atoms with Crippen molar-refractivity contribution in [3.8, 4) is 11.3 Å². The first-order valence-electron chi connectivity index (χ1n) is 7.30. The molecule has 1 aliphatic heterocycles. The minimum Gasteiger partial charge on any atom is -0.302 e. The smallest absolute Gasteiger partial charge is 0.116 e. The Labute approximate surface area is 144 Å². The summed E-state index contributed by atoms with van der Waals surface area (Å²) in [5.74, 6) is 0. The van der Waals surface area contributed by atoms with Crippen molar-refractivity contribution in [1.82, 2.24) is 15.3 Å². The lowest BCUT2D eigenvalue weighted by molar-refractivity contribution is 0.612. The van der Waals surface area contributed by atoms with Crippen molar-refractivity contribution in [3.05, 3.63) is 81.7 Å². The number of benzene rings is 2. The van der Waals surface area contributed by atoms with E-state index in [4.69, 9.17) is 23.2 Å². The van der Waals surface area contributed by atoms with Crippen LogP contribution >= 0.6 is 23.2 Å². The van der Waals surface area contributed by atoms with Crippen molar-refractivity contribution in [2.45, 2.75) is 12.6 Å². The van der Waals surface area contributed by atoms with Gasteiger partial charge in [-0.2, -0.15) is 0 Å². The first-order valence-corrected chi connectivity index (χ1v) is 8.06. The van der Waals surface area contributed by atoms with Gasteiger partial charge in [-0.05, 0) is 29.3 Å². The molecule has 0 unspecified atom stereocenters. The Hall–Kier alpha value is -1.94. The number of nitrogens with zero attached hydrogens (tertiary/aromatic N) is 2. The van der Waals surface area contributed by atoms with E-state index in [2.05, 4.69) is 15.3 Å². The van der Waals surface area contributed by atoms with Crippen LogP contribution in [0.15, 0.2) is 55.0 Å². The van der Waals surface area contributed by atoms with Crippen LogP contribution in [0.5, 0.6) is 0 Å². The number of nitrogens with one attached hydrogen (secondary N) is 1. The number of aromatic nitrogens is 2. The molecule has 3 nitrogen and oxygen atoms in total. The quantitative estimate of drug-likeness (QED) is 0.700. The second kappa shape index (κ2) is 5.93. The third-order valence-electron chi connectivity index (χ3n) is 4.08. The van der Waals surface area contributed by atoms with E-state index in [1.54, 1.807) is 6.33 Å². The van der Waals surface area contributed by atoms with Gasteiger partial charge in [-0.25, -0.2) is 9.97 Å². The van der Waals surface area contributed by atoms with Gasteiger partial charge in [-0.15, -0.1) is 0 Å². The van der Waals surface area contributed by atoms with Gasteiger partial charge in [0.2, 0.25) is 0 Å². The highest BCUT2D eigenvalue weighted by Gasteiger charge is 2.25. The van der Waals surface area contributed by atoms with Crippen LogP contribution in [0.4, 0.5) is 0 Å². The van der Waals surface area contributed by atoms with E-state index in [1.807, 2.05) is 48.7 Å². The van der Waals surface area contributed by atoms with Crippen molar-refractivity contribution in [2.24, 2.45) is 0 Å². The minimum absolute atomic E-state index is 0.0494. The van der Waals surface area contributed by atoms with Gasteiger partial charge in [-0.1, -0.05) is 47.5 Å². The number of rotatable bonds is 1. The fourth-order valence-corrected chi connectivity index (χ4v) is 3.45. The molecule has 2 aromatic carbocycles. The largest absolute Gasteiger partial charge is 0.302 e. The summed E-state index contributed by atoms with van der Waals surface area (Å²) in [5, 5.41) is 4.98. The molecule has 114 valence electrons. The molecule has 0 saturated carbocycles. The Morgan fingerprint density at radius 1 is 1.04 bits per heavy atom. The highest BCUT2D eigenvalue weighted by Crippen LogP contribution is 2.38. The standard InChI is InChI=1S/C18H13Cl2N3/c19-12-5-6-13-15(7-12)18(14-3-1-2-4-16(14)20)22-9-11-8-21-10-23-17(11)13/h1-8,10,18,22H,9H2/t18-/m1/s1. The molecular weight excluding hydrogens is 329 g/mol. The fourth-order valence-electron chi connectivity index (χ4n) is 3.03. The lowest BCUT2D eigenvalue weighted by atomic mass is 9.93. The zero-order chi connectivity index (χ0) is 15.8. The van der Waals surface area contributed by atoms with E-state index in [0.717, 1.165) is 33.0 Å². The van der Waals surface area contributed by atoms with Crippen LogP contribution in [0.2, 0.25) is 10.0 Å². The maximum Gasteiger partial charge on any atom is 0.116 e. The van der Waals surface area contributed by atoms with Crippen LogP contribution in [-0.2, 0) is 6.54 Å². The third kappa shape index (κ3) is 2.61. The number of fused-ring (bicyclic) bond motifs is 3. The Bertz CT molecular complexity index is 880. The zero-order valence-corrected chi connectivity index (χ0v) is 13.6. The van der Waals surface area contributed by atoms with Gasteiger partial charge >= 0.3 is 0 Å². The topological polar surface area (TPSA) is 37.8 Å². The van der Waals surface area contributed by atoms with Crippen molar-refractivity contribution in [3.63, 3.8) is 0 Å². The molecule has 4 rings (SSSR count). The second-order valence-corrected chi connectivity index (χ2v) is 6.31. The lowest BCUT2D eigenvalue weighted by Gasteiger charge is -2.20. The highest BCUT2D eigenvalue weighted by atomic mass is 35.5. The molecule has 1 aromatic heterocycles. The van der Waals surface area contributed by atoms with Gasteiger partial charge in [-0.3, -0.25) is 0 Å². The average molecular weight is 342 g/mol. The summed E-state index contributed by atoms with van der Waals surface area (Å²) in [4.78, 5) is 8.62. The molecule has 0 bridgehead atoms. The zero-order valence-electron chi connectivity index (χ0n) is 12.1. The van der Waals surface area contributed by atoms with Crippen LogP contribution in [0.3, 0.4) is 0 Å². The predicted octanol–water partition coefficient (Wildman–Crippen LogP) is 4.64.